The number of anilines is 1. The second-order valence-electron chi connectivity index (χ2n) is 5.68. The molecule has 2 nitrogen and oxygen atoms in total. The Bertz CT molecular complexity index is 922. The van der Waals surface area contributed by atoms with Gasteiger partial charge in [-0.15, -0.1) is 0 Å². The van der Waals surface area contributed by atoms with Gasteiger partial charge >= 0.3 is 0 Å². The highest BCUT2D eigenvalue weighted by atomic mass is 14.9. The zero-order valence-electron chi connectivity index (χ0n) is 12.5. The summed E-state index contributed by atoms with van der Waals surface area (Å²) < 4.78 is 0. The third-order valence-corrected chi connectivity index (χ3v) is 4.21. The van der Waals surface area contributed by atoms with Crippen molar-refractivity contribution >= 4 is 27.5 Å². The molecule has 108 valence electrons. The maximum atomic E-state index is 3.63. The summed E-state index contributed by atoms with van der Waals surface area (Å²) in [4.78, 5) is 3.54. The van der Waals surface area contributed by atoms with Gasteiger partial charge in [0.2, 0.25) is 0 Å². The van der Waals surface area contributed by atoms with Crippen LogP contribution in [0, 0.1) is 0 Å². The van der Waals surface area contributed by atoms with Gasteiger partial charge in [-0.05, 0) is 24.6 Å². The van der Waals surface area contributed by atoms with Gasteiger partial charge in [0.1, 0.15) is 0 Å². The summed E-state index contributed by atoms with van der Waals surface area (Å²) in [6.45, 7) is 2.19. The second kappa shape index (κ2) is 5.23. The van der Waals surface area contributed by atoms with Crippen LogP contribution in [-0.4, -0.2) is 4.98 Å². The van der Waals surface area contributed by atoms with Crippen LogP contribution in [-0.2, 0) is 0 Å². The lowest BCUT2D eigenvalue weighted by Gasteiger charge is -2.16. The Balaban J connectivity index is 1.79. The van der Waals surface area contributed by atoms with E-state index in [2.05, 4.69) is 90.0 Å². The molecule has 2 N–H and O–H groups in total. The monoisotopic (exact) mass is 286 g/mol. The fraction of sp³-hybridized carbons (Fsp3) is 0.100. The Labute approximate surface area is 129 Å². The molecule has 22 heavy (non-hydrogen) atoms. The van der Waals surface area contributed by atoms with Gasteiger partial charge in [0.15, 0.2) is 0 Å². The zero-order valence-corrected chi connectivity index (χ0v) is 12.5. The summed E-state index contributed by atoms with van der Waals surface area (Å²) in [5.74, 6) is 0. The summed E-state index contributed by atoms with van der Waals surface area (Å²) in [5, 5.41) is 6.17. The zero-order chi connectivity index (χ0) is 14.9. The van der Waals surface area contributed by atoms with Crippen molar-refractivity contribution in [3.8, 4) is 0 Å². The molecule has 1 atom stereocenters. The van der Waals surface area contributed by atoms with Crippen LogP contribution in [0.1, 0.15) is 18.5 Å². The van der Waals surface area contributed by atoms with Gasteiger partial charge in [-0.1, -0.05) is 60.7 Å². The normalized spacial score (nSPS) is 12.6. The average Bonchev–Trinajstić information content (AvgIpc) is 2.95. The van der Waals surface area contributed by atoms with E-state index in [1.165, 1.54) is 27.4 Å². The lowest BCUT2D eigenvalue weighted by atomic mass is 10.1. The number of rotatable bonds is 3. The number of aromatic amines is 1. The molecule has 0 aliphatic heterocycles. The fourth-order valence-electron chi connectivity index (χ4n) is 3.05. The molecule has 0 saturated heterocycles. The van der Waals surface area contributed by atoms with E-state index in [9.17, 15) is 0 Å². The van der Waals surface area contributed by atoms with Crippen LogP contribution in [0.25, 0.3) is 21.8 Å². The molecule has 2 heteroatoms. The summed E-state index contributed by atoms with van der Waals surface area (Å²) in [7, 11) is 0. The molecule has 4 aromatic rings. The number of hydrogen-bond donors (Lipinski definition) is 2. The van der Waals surface area contributed by atoms with Gasteiger partial charge in [0.25, 0.3) is 0 Å². The lowest BCUT2D eigenvalue weighted by Crippen LogP contribution is -2.06. The Kier molecular flexibility index (Phi) is 3.08. The number of para-hydroxylation sites is 2. The Hall–Kier alpha value is -2.74. The number of hydrogen-bond acceptors (Lipinski definition) is 1. The molecule has 0 spiro atoms. The summed E-state index contributed by atoms with van der Waals surface area (Å²) in [6, 6.07) is 25.7. The van der Waals surface area contributed by atoms with Crippen molar-refractivity contribution in [2.24, 2.45) is 0 Å². The Morgan fingerprint density at radius 2 is 1.50 bits per heavy atom. The van der Waals surface area contributed by atoms with Crippen molar-refractivity contribution in [2.45, 2.75) is 13.0 Å². The van der Waals surface area contributed by atoms with E-state index in [1.54, 1.807) is 0 Å². The molecular weight excluding hydrogens is 268 g/mol. The van der Waals surface area contributed by atoms with Crippen molar-refractivity contribution in [2.75, 3.05) is 5.32 Å². The molecule has 1 unspecified atom stereocenters. The topological polar surface area (TPSA) is 27.8 Å². The van der Waals surface area contributed by atoms with E-state index in [1.807, 2.05) is 0 Å². The Morgan fingerprint density at radius 3 is 2.36 bits per heavy atom. The molecule has 0 radical (unpaired) electrons. The van der Waals surface area contributed by atoms with Gasteiger partial charge < -0.3 is 10.3 Å². The average molecular weight is 286 g/mol. The number of H-pyrrole nitrogens is 1. The van der Waals surface area contributed by atoms with Crippen molar-refractivity contribution in [1.29, 1.82) is 0 Å². The third-order valence-electron chi connectivity index (χ3n) is 4.21. The molecule has 1 aromatic heterocycles. The van der Waals surface area contributed by atoms with Crippen LogP contribution in [0.4, 0.5) is 5.69 Å². The summed E-state index contributed by atoms with van der Waals surface area (Å²) >= 11 is 0. The number of aromatic nitrogens is 1. The molecule has 1 heterocycles. The van der Waals surface area contributed by atoms with E-state index in [0.717, 1.165) is 5.69 Å². The van der Waals surface area contributed by atoms with Gasteiger partial charge in [-0.25, -0.2) is 0 Å². The van der Waals surface area contributed by atoms with Crippen LogP contribution in [0.5, 0.6) is 0 Å². The van der Waals surface area contributed by atoms with E-state index >= 15 is 0 Å². The minimum atomic E-state index is 0.262. The van der Waals surface area contributed by atoms with E-state index < -0.39 is 0 Å². The summed E-state index contributed by atoms with van der Waals surface area (Å²) in [6.07, 6.45) is 0. The largest absolute Gasteiger partial charge is 0.377 e. The van der Waals surface area contributed by atoms with Crippen LogP contribution < -0.4 is 5.32 Å². The molecule has 0 amide bonds. The van der Waals surface area contributed by atoms with E-state index in [-0.39, 0.29) is 6.04 Å². The summed E-state index contributed by atoms with van der Waals surface area (Å²) in [5.41, 5.74) is 4.78. The van der Waals surface area contributed by atoms with E-state index in [4.69, 9.17) is 0 Å². The van der Waals surface area contributed by atoms with Crippen LogP contribution >= 0.6 is 0 Å². The highest BCUT2D eigenvalue weighted by molar-refractivity contribution is 6.11. The first kappa shape index (κ1) is 13.0. The standard InChI is InChI=1S/C20H18N2/c1-14(15-8-3-2-4-9-15)21-19-13-7-11-17-16-10-5-6-12-18(16)22-20(17)19/h2-14,21-22H,1H3. The van der Waals surface area contributed by atoms with Crippen LogP contribution in [0.3, 0.4) is 0 Å². The molecule has 4 rings (SSSR count). The number of fused-ring (bicyclic) bond motifs is 3. The van der Waals surface area contributed by atoms with Crippen molar-refractivity contribution in [1.82, 2.24) is 4.98 Å². The van der Waals surface area contributed by atoms with Crippen molar-refractivity contribution < 1.29 is 0 Å². The predicted molar refractivity (Wildman–Crippen MR) is 94.3 cm³/mol. The molecule has 0 bridgehead atoms. The maximum Gasteiger partial charge on any atom is 0.0700 e. The quantitative estimate of drug-likeness (QED) is 0.512. The highest BCUT2D eigenvalue weighted by Gasteiger charge is 2.10. The first-order chi connectivity index (χ1) is 10.8. The third kappa shape index (κ3) is 2.13. The van der Waals surface area contributed by atoms with Gasteiger partial charge in [-0.3, -0.25) is 0 Å². The van der Waals surface area contributed by atoms with Gasteiger partial charge in [0.05, 0.1) is 11.2 Å². The second-order valence-corrected chi connectivity index (χ2v) is 5.68. The number of benzene rings is 3. The molecule has 0 aliphatic rings. The van der Waals surface area contributed by atoms with Gasteiger partial charge in [0, 0.05) is 22.3 Å². The maximum absolute atomic E-state index is 3.63. The van der Waals surface area contributed by atoms with E-state index in [0.29, 0.717) is 0 Å². The Morgan fingerprint density at radius 1 is 0.773 bits per heavy atom. The predicted octanol–water partition coefficient (Wildman–Crippen LogP) is 5.49. The molecule has 0 aliphatic carbocycles. The lowest BCUT2D eigenvalue weighted by molar-refractivity contribution is 0.886. The van der Waals surface area contributed by atoms with Crippen molar-refractivity contribution in [3.05, 3.63) is 78.4 Å². The fourth-order valence-corrected chi connectivity index (χ4v) is 3.05. The van der Waals surface area contributed by atoms with Crippen molar-refractivity contribution in [3.63, 3.8) is 0 Å². The molecule has 3 aromatic carbocycles. The minimum absolute atomic E-state index is 0.262. The number of nitrogens with one attached hydrogen (secondary N) is 2. The van der Waals surface area contributed by atoms with Crippen LogP contribution in [0.15, 0.2) is 72.8 Å². The first-order valence-corrected chi connectivity index (χ1v) is 7.64. The molecule has 0 saturated carbocycles. The smallest absolute Gasteiger partial charge is 0.0700 e. The molecule has 0 fully saturated rings. The minimum Gasteiger partial charge on any atom is -0.377 e. The first-order valence-electron chi connectivity index (χ1n) is 7.64. The highest BCUT2D eigenvalue weighted by Crippen LogP contribution is 2.31. The van der Waals surface area contributed by atoms with Gasteiger partial charge in [-0.2, -0.15) is 0 Å². The SMILES string of the molecule is CC(Nc1cccc2c1[nH]c1ccccc12)c1ccccc1. The van der Waals surface area contributed by atoms with Crippen LogP contribution in [0.2, 0.25) is 0 Å². The molecular formula is C20H18N2.